The van der Waals surface area contributed by atoms with Gasteiger partial charge in [-0.1, -0.05) is 18.2 Å². The number of hydrogen-bond donors (Lipinski definition) is 3. The molecular formula is C30H34FN7O3. The summed E-state index contributed by atoms with van der Waals surface area (Å²) in [7, 11) is 4.06. The standard InChI is InChI=1S/C30H34FN7O3/c1-30(28(39)34-22-8-5-4-6-9-22)18-40-27(41-19-30)26-36-24(20-10-12-21(31)13-11-20)25(37-26)23-14-16-33-29(35-23)32-15-7-17-38(2)3/h4-6,8-14,16,27H,7,15,17-19H2,1-3H3,(H,34,39)(H,36,37)(H,32,33,35). The minimum Gasteiger partial charge on any atom is -0.354 e. The van der Waals surface area contributed by atoms with Crippen LogP contribution in [0.25, 0.3) is 22.6 Å². The van der Waals surface area contributed by atoms with Gasteiger partial charge in [-0.3, -0.25) is 4.79 Å². The van der Waals surface area contributed by atoms with Crippen molar-refractivity contribution in [1.29, 1.82) is 0 Å². The summed E-state index contributed by atoms with van der Waals surface area (Å²) in [5, 5.41) is 6.18. The highest BCUT2D eigenvalue weighted by Gasteiger charge is 2.41. The second-order valence-corrected chi connectivity index (χ2v) is 10.5. The predicted octanol–water partition coefficient (Wildman–Crippen LogP) is 4.73. The van der Waals surface area contributed by atoms with Crippen LogP contribution in [0.5, 0.6) is 0 Å². The summed E-state index contributed by atoms with van der Waals surface area (Å²) in [6.07, 6.45) is 1.79. The Balaban J connectivity index is 1.36. The molecule has 3 N–H and O–H groups in total. The Labute approximate surface area is 238 Å². The predicted molar refractivity (Wildman–Crippen MR) is 154 cm³/mol. The molecule has 1 amide bonds. The fourth-order valence-corrected chi connectivity index (χ4v) is 4.39. The molecule has 0 bridgehead atoms. The maximum Gasteiger partial charge on any atom is 0.234 e. The van der Waals surface area contributed by atoms with E-state index in [0.29, 0.717) is 40.1 Å². The van der Waals surface area contributed by atoms with Crippen LogP contribution in [0.3, 0.4) is 0 Å². The van der Waals surface area contributed by atoms with Gasteiger partial charge in [0.1, 0.15) is 5.82 Å². The van der Waals surface area contributed by atoms with Crippen molar-refractivity contribution in [3.8, 4) is 22.6 Å². The second-order valence-electron chi connectivity index (χ2n) is 10.5. The third kappa shape index (κ3) is 6.94. The number of aromatic nitrogens is 4. The third-order valence-electron chi connectivity index (χ3n) is 6.73. The van der Waals surface area contributed by atoms with Crippen LogP contribution in [0.2, 0.25) is 0 Å². The summed E-state index contributed by atoms with van der Waals surface area (Å²) in [4.78, 5) is 32.2. The van der Waals surface area contributed by atoms with Crippen LogP contribution in [-0.4, -0.2) is 71.1 Å². The summed E-state index contributed by atoms with van der Waals surface area (Å²) >= 11 is 0. The van der Waals surface area contributed by atoms with E-state index < -0.39 is 11.7 Å². The maximum atomic E-state index is 13.7. The Kier molecular flexibility index (Phi) is 8.67. The summed E-state index contributed by atoms with van der Waals surface area (Å²) in [6.45, 7) is 3.73. The number of carbonyl (C=O) groups is 1. The molecular weight excluding hydrogens is 525 g/mol. The van der Waals surface area contributed by atoms with E-state index in [4.69, 9.17) is 19.4 Å². The molecule has 2 aromatic heterocycles. The number of imidazole rings is 1. The second kappa shape index (κ2) is 12.5. The van der Waals surface area contributed by atoms with Crippen molar-refractivity contribution < 1.29 is 18.7 Å². The highest BCUT2D eigenvalue weighted by atomic mass is 19.1. The Bertz CT molecular complexity index is 1450. The molecule has 4 aromatic rings. The van der Waals surface area contributed by atoms with Crippen LogP contribution >= 0.6 is 0 Å². The van der Waals surface area contributed by atoms with Crippen molar-refractivity contribution in [2.45, 2.75) is 19.6 Å². The zero-order chi connectivity index (χ0) is 28.8. The van der Waals surface area contributed by atoms with Gasteiger partial charge in [0.05, 0.1) is 35.7 Å². The number of H-pyrrole nitrogens is 1. The van der Waals surface area contributed by atoms with Gasteiger partial charge in [0, 0.05) is 24.0 Å². The summed E-state index contributed by atoms with van der Waals surface area (Å²) in [5.74, 6) is 0.377. The Hall–Kier alpha value is -4.19. The molecule has 0 spiro atoms. The molecule has 0 aliphatic carbocycles. The highest BCUT2D eigenvalue weighted by molar-refractivity contribution is 5.95. The Morgan fingerprint density at radius 2 is 1.80 bits per heavy atom. The van der Waals surface area contributed by atoms with Gasteiger partial charge < -0.3 is 30.0 Å². The lowest BCUT2D eigenvalue weighted by atomic mass is 9.91. The number of aromatic amines is 1. The van der Waals surface area contributed by atoms with Gasteiger partial charge in [-0.2, -0.15) is 0 Å². The quantitative estimate of drug-likeness (QED) is 0.239. The molecule has 1 aliphatic rings. The minimum atomic E-state index is -0.888. The van der Waals surface area contributed by atoms with E-state index in [0.717, 1.165) is 19.5 Å². The lowest BCUT2D eigenvalue weighted by Gasteiger charge is -2.35. The molecule has 11 heteroatoms. The van der Waals surface area contributed by atoms with E-state index in [1.54, 1.807) is 31.3 Å². The molecule has 214 valence electrons. The zero-order valence-electron chi connectivity index (χ0n) is 23.4. The van der Waals surface area contributed by atoms with E-state index >= 15 is 0 Å². The SMILES string of the molecule is CN(C)CCCNc1nccc(-c2[nH]c(C3OCC(C)(C(=O)Nc4ccccc4)CO3)nc2-c2ccc(F)cc2)n1. The van der Waals surface area contributed by atoms with Crippen molar-refractivity contribution in [1.82, 2.24) is 24.8 Å². The zero-order valence-corrected chi connectivity index (χ0v) is 23.4. The largest absolute Gasteiger partial charge is 0.354 e. The Morgan fingerprint density at radius 1 is 1.07 bits per heavy atom. The van der Waals surface area contributed by atoms with Crippen molar-refractivity contribution in [3.05, 3.63) is 78.5 Å². The number of para-hydroxylation sites is 1. The van der Waals surface area contributed by atoms with Crippen LogP contribution in [0, 0.1) is 11.2 Å². The average molecular weight is 560 g/mol. The average Bonchev–Trinajstić information content (AvgIpc) is 3.42. The summed E-state index contributed by atoms with van der Waals surface area (Å²) in [5.41, 5.74) is 2.31. The number of amides is 1. The number of nitrogens with zero attached hydrogens (tertiary/aromatic N) is 4. The third-order valence-corrected chi connectivity index (χ3v) is 6.73. The molecule has 1 aliphatic heterocycles. The molecule has 5 rings (SSSR count). The lowest BCUT2D eigenvalue weighted by molar-refractivity contribution is -0.229. The van der Waals surface area contributed by atoms with Gasteiger partial charge in [-0.05, 0) is 76.4 Å². The number of ether oxygens (including phenoxy) is 2. The van der Waals surface area contributed by atoms with Crippen molar-refractivity contribution in [2.75, 3.05) is 51.0 Å². The molecule has 0 saturated carbocycles. The van der Waals surface area contributed by atoms with E-state index in [1.165, 1.54) is 12.1 Å². The minimum absolute atomic E-state index is 0.132. The van der Waals surface area contributed by atoms with E-state index in [9.17, 15) is 9.18 Å². The first-order valence-corrected chi connectivity index (χ1v) is 13.5. The van der Waals surface area contributed by atoms with Gasteiger partial charge in [0.25, 0.3) is 0 Å². The maximum absolute atomic E-state index is 13.7. The molecule has 1 saturated heterocycles. The van der Waals surface area contributed by atoms with Crippen molar-refractivity contribution in [3.63, 3.8) is 0 Å². The van der Waals surface area contributed by atoms with Crippen LogP contribution in [0.1, 0.15) is 25.5 Å². The fraction of sp³-hybridized carbons (Fsp3) is 0.333. The van der Waals surface area contributed by atoms with E-state index in [-0.39, 0.29) is 24.9 Å². The molecule has 10 nitrogen and oxygen atoms in total. The molecule has 3 heterocycles. The first-order chi connectivity index (χ1) is 19.8. The lowest BCUT2D eigenvalue weighted by Crippen LogP contribution is -2.45. The van der Waals surface area contributed by atoms with Gasteiger partial charge in [0.15, 0.2) is 5.82 Å². The number of halogens is 1. The molecule has 0 unspecified atom stereocenters. The number of rotatable bonds is 10. The van der Waals surface area contributed by atoms with Gasteiger partial charge in [-0.25, -0.2) is 19.3 Å². The first-order valence-electron chi connectivity index (χ1n) is 13.5. The van der Waals surface area contributed by atoms with Gasteiger partial charge in [-0.15, -0.1) is 0 Å². The normalized spacial score (nSPS) is 18.8. The number of nitrogens with one attached hydrogen (secondary N) is 3. The number of hydrogen-bond acceptors (Lipinski definition) is 8. The monoisotopic (exact) mass is 559 g/mol. The smallest absolute Gasteiger partial charge is 0.234 e. The first kappa shape index (κ1) is 28.3. The van der Waals surface area contributed by atoms with Crippen LogP contribution < -0.4 is 10.6 Å². The topological polar surface area (TPSA) is 117 Å². The van der Waals surface area contributed by atoms with E-state index in [2.05, 4.69) is 25.5 Å². The Morgan fingerprint density at radius 3 is 2.51 bits per heavy atom. The number of carbonyl (C=O) groups excluding carboxylic acids is 1. The molecule has 0 atom stereocenters. The van der Waals surface area contributed by atoms with Crippen LogP contribution in [0.15, 0.2) is 66.9 Å². The van der Waals surface area contributed by atoms with Gasteiger partial charge >= 0.3 is 0 Å². The van der Waals surface area contributed by atoms with Crippen LogP contribution in [0.4, 0.5) is 16.0 Å². The molecule has 0 radical (unpaired) electrons. The number of anilines is 2. The molecule has 1 fully saturated rings. The van der Waals surface area contributed by atoms with Crippen molar-refractivity contribution in [2.24, 2.45) is 5.41 Å². The van der Waals surface area contributed by atoms with Crippen LogP contribution in [-0.2, 0) is 14.3 Å². The molecule has 2 aromatic carbocycles. The summed E-state index contributed by atoms with van der Waals surface area (Å²) in [6, 6.07) is 17.1. The van der Waals surface area contributed by atoms with E-state index in [1.807, 2.05) is 44.4 Å². The number of benzene rings is 2. The summed E-state index contributed by atoms with van der Waals surface area (Å²) < 4.78 is 25.8. The fourth-order valence-electron chi connectivity index (χ4n) is 4.39. The van der Waals surface area contributed by atoms with Crippen molar-refractivity contribution >= 4 is 17.5 Å². The highest BCUT2D eigenvalue weighted by Crippen LogP contribution is 2.36. The van der Waals surface area contributed by atoms with Gasteiger partial charge in [0.2, 0.25) is 18.1 Å². The molecule has 41 heavy (non-hydrogen) atoms.